The van der Waals surface area contributed by atoms with Crippen LogP contribution in [0.25, 0.3) is 0 Å². The fourth-order valence-electron chi connectivity index (χ4n) is 2.13. The molecular weight excluding hydrogens is 312 g/mol. The van der Waals surface area contributed by atoms with Crippen molar-refractivity contribution in [3.8, 4) is 0 Å². The lowest BCUT2D eigenvalue weighted by atomic mass is 10.1. The molecule has 1 fully saturated rings. The molecule has 1 aromatic rings. The summed E-state index contributed by atoms with van der Waals surface area (Å²) in [6, 6.07) is 4.84. The molecule has 1 saturated heterocycles. The quantitative estimate of drug-likeness (QED) is 0.666. The number of benzene rings is 1. The molecule has 0 saturated carbocycles. The molecule has 0 aromatic heterocycles. The van der Waals surface area contributed by atoms with E-state index >= 15 is 0 Å². The van der Waals surface area contributed by atoms with Crippen molar-refractivity contribution in [3.05, 3.63) is 38.3 Å². The molecule has 0 bridgehead atoms. The summed E-state index contributed by atoms with van der Waals surface area (Å²) >= 11 is 3.37. The van der Waals surface area contributed by atoms with Crippen LogP contribution in [0.1, 0.15) is 24.8 Å². The van der Waals surface area contributed by atoms with E-state index in [-0.39, 0.29) is 5.69 Å². The van der Waals surface area contributed by atoms with E-state index in [2.05, 4.69) is 21.2 Å². The minimum absolute atomic E-state index is 0.103. The summed E-state index contributed by atoms with van der Waals surface area (Å²) < 4.78 is 6.40. The molecule has 0 aliphatic carbocycles. The molecule has 0 radical (unpaired) electrons. The highest BCUT2D eigenvalue weighted by Gasteiger charge is 2.13. The predicted octanol–water partition coefficient (Wildman–Crippen LogP) is 3.02. The van der Waals surface area contributed by atoms with Gasteiger partial charge in [0.15, 0.2) is 0 Å². The number of non-ortho nitro benzene ring substituents is 1. The van der Waals surface area contributed by atoms with E-state index in [4.69, 9.17) is 4.74 Å². The number of nitro benzene ring substituents is 1. The molecule has 1 unspecified atom stereocenters. The number of ether oxygens (including phenoxy) is 1. The van der Waals surface area contributed by atoms with E-state index in [9.17, 15) is 10.1 Å². The number of halogens is 1. The molecule has 0 amide bonds. The fourth-order valence-corrected chi connectivity index (χ4v) is 2.64. The number of nitrogens with one attached hydrogen (secondary N) is 1. The Bertz CT molecular complexity index is 448. The van der Waals surface area contributed by atoms with E-state index in [1.807, 2.05) is 0 Å². The summed E-state index contributed by atoms with van der Waals surface area (Å²) in [6.45, 7) is 2.36. The molecule has 1 heterocycles. The molecule has 1 aliphatic heterocycles. The largest absolute Gasteiger partial charge is 0.377 e. The fraction of sp³-hybridized carbons (Fsp3) is 0.538. The van der Waals surface area contributed by atoms with E-state index in [1.165, 1.54) is 18.6 Å². The SMILES string of the molecule is O=[N+]([O-])c1ccc(CNCC2CCCCO2)c(Br)c1. The van der Waals surface area contributed by atoms with E-state index in [1.54, 1.807) is 6.07 Å². The highest BCUT2D eigenvalue weighted by molar-refractivity contribution is 9.10. The maximum Gasteiger partial charge on any atom is 0.270 e. The second-order valence-electron chi connectivity index (χ2n) is 4.65. The summed E-state index contributed by atoms with van der Waals surface area (Å²) in [6.07, 6.45) is 3.79. The van der Waals surface area contributed by atoms with Crippen molar-refractivity contribution in [2.45, 2.75) is 31.9 Å². The lowest BCUT2D eigenvalue weighted by Crippen LogP contribution is -2.31. The number of rotatable bonds is 5. The zero-order valence-electron chi connectivity index (χ0n) is 10.6. The first kappa shape index (κ1) is 14.4. The van der Waals surface area contributed by atoms with Gasteiger partial charge in [0, 0.05) is 36.3 Å². The van der Waals surface area contributed by atoms with Crippen LogP contribution in [0.4, 0.5) is 5.69 Å². The number of hydrogen-bond acceptors (Lipinski definition) is 4. The lowest BCUT2D eigenvalue weighted by Gasteiger charge is -2.22. The Morgan fingerprint density at radius 3 is 2.95 bits per heavy atom. The van der Waals surface area contributed by atoms with Gasteiger partial charge in [-0.15, -0.1) is 0 Å². The van der Waals surface area contributed by atoms with Crippen LogP contribution in [0.3, 0.4) is 0 Å². The van der Waals surface area contributed by atoms with Gasteiger partial charge in [-0.25, -0.2) is 0 Å². The van der Waals surface area contributed by atoms with E-state index in [0.29, 0.717) is 12.6 Å². The smallest absolute Gasteiger partial charge is 0.270 e. The van der Waals surface area contributed by atoms with Gasteiger partial charge in [0.25, 0.3) is 5.69 Å². The predicted molar refractivity (Wildman–Crippen MR) is 76.1 cm³/mol. The normalized spacial score (nSPS) is 19.3. The summed E-state index contributed by atoms with van der Waals surface area (Å²) in [5.74, 6) is 0. The van der Waals surface area contributed by atoms with Crippen LogP contribution >= 0.6 is 15.9 Å². The first-order valence-corrected chi connectivity index (χ1v) is 7.21. The van der Waals surface area contributed by atoms with Crippen molar-refractivity contribution >= 4 is 21.6 Å². The van der Waals surface area contributed by atoms with Crippen LogP contribution in [0.2, 0.25) is 0 Å². The number of nitro groups is 1. The van der Waals surface area contributed by atoms with Gasteiger partial charge in [0.2, 0.25) is 0 Å². The summed E-state index contributed by atoms with van der Waals surface area (Å²) in [5, 5.41) is 14.0. The van der Waals surface area contributed by atoms with Gasteiger partial charge in [0.1, 0.15) is 0 Å². The molecule has 104 valence electrons. The van der Waals surface area contributed by atoms with Crippen LogP contribution in [-0.4, -0.2) is 24.2 Å². The topological polar surface area (TPSA) is 64.4 Å². The monoisotopic (exact) mass is 328 g/mol. The van der Waals surface area contributed by atoms with Gasteiger partial charge in [-0.1, -0.05) is 15.9 Å². The Labute approximate surface area is 120 Å². The Kier molecular flexibility index (Phi) is 5.30. The molecule has 19 heavy (non-hydrogen) atoms. The van der Waals surface area contributed by atoms with E-state index < -0.39 is 4.92 Å². The standard InChI is InChI=1S/C13H17BrN2O3/c14-13-7-11(16(17)18)5-4-10(13)8-15-9-12-3-1-2-6-19-12/h4-5,7,12,15H,1-3,6,8-9H2. The third-order valence-electron chi connectivity index (χ3n) is 3.21. The van der Waals surface area contributed by atoms with E-state index in [0.717, 1.165) is 36.0 Å². The second kappa shape index (κ2) is 6.98. The van der Waals surface area contributed by atoms with Gasteiger partial charge in [-0.2, -0.15) is 0 Å². The maximum atomic E-state index is 10.6. The van der Waals surface area contributed by atoms with Crippen molar-refractivity contribution in [2.24, 2.45) is 0 Å². The van der Waals surface area contributed by atoms with Gasteiger partial charge in [-0.05, 0) is 30.9 Å². The first-order chi connectivity index (χ1) is 9.16. The molecule has 0 spiro atoms. The average Bonchev–Trinajstić information content (AvgIpc) is 2.41. The molecule has 5 nitrogen and oxygen atoms in total. The third-order valence-corrected chi connectivity index (χ3v) is 3.95. The molecular formula is C13H17BrN2O3. The lowest BCUT2D eigenvalue weighted by molar-refractivity contribution is -0.384. The Balaban J connectivity index is 1.83. The van der Waals surface area contributed by atoms with Crippen molar-refractivity contribution < 1.29 is 9.66 Å². The second-order valence-corrected chi connectivity index (χ2v) is 5.51. The number of nitrogens with zero attached hydrogens (tertiary/aromatic N) is 1. The molecule has 1 aromatic carbocycles. The number of hydrogen-bond donors (Lipinski definition) is 1. The zero-order chi connectivity index (χ0) is 13.7. The maximum absolute atomic E-state index is 10.6. The van der Waals surface area contributed by atoms with Gasteiger partial charge < -0.3 is 10.1 Å². The van der Waals surface area contributed by atoms with Gasteiger partial charge >= 0.3 is 0 Å². The average molecular weight is 329 g/mol. The van der Waals surface area contributed by atoms with Crippen molar-refractivity contribution in [1.29, 1.82) is 0 Å². The van der Waals surface area contributed by atoms with Crippen LogP contribution < -0.4 is 5.32 Å². The highest BCUT2D eigenvalue weighted by atomic mass is 79.9. The van der Waals surface area contributed by atoms with Gasteiger partial charge in [-0.3, -0.25) is 10.1 Å². The Morgan fingerprint density at radius 2 is 2.32 bits per heavy atom. The van der Waals surface area contributed by atoms with Crippen LogP contribution in [0, 0.1) is 10.1 Å². The van der Waals surface area contributed by atoms with Gasteiger partial charge in [0.05, 0.1) is 11.0 Å². The third kappa shape index (κ3) is 4.26. The molecule has 1 atom stereocenters. The molecule has 1 N–H and O–H groups in total. The summed E-state index contributed by atoms with van der Waals surface area (Å²) in [4.78, 5) is 10.2. The van der Waals surface area contributed by atoms with Crippen molar-refractivity contribution in [3.63, 3.8) is 0 Å². The minimum Gasteiger partial charge on any atom is -0.377 e. The molecule has 1 aliphatic rings. The molecule has 6 heteroatoms. The van der Waals surface area contributed by atoms with Crippen molar-refractivity contribution in [2.75, 3.05) is 13.2 Å². The first-order valence-electron chi connectivity index (χ1n) is 6.42. The van der Waals surface area contributed by atoms with Crippen LogP contribution in [-0.2, 0) is 11.3 Å². The highest BCUT2D eigenvalue weighted by Crippen LogP contribution is 2.23. The Hall–Kier alpha value is -0.980. The Morgan fingerprint density at radius 1 is 1.47 bits per heavy atom. The van der Waals surface area contributed by atoms with Crippen molar-refractivity contribution in [1.82, 2.24) is 5.32 Å². The van der Waals surface area contributed by atoms with Crippen LogP contribution in [0.15, 0.2) is 22.7 Å². The minimum atomic E-state index is -0.391. The summed E-state index contributed by atoms with van der Waals surface area (Å²) in [7, 11) is 0. The molecule has 2 rings (SSSR count). The van der Waals surface area contributed by atoms with Crippen LogP contribution in [0.5, 0.6) is 0 Å². The summed E-state index contributed by atoms with van der Waals surface area (Å²) in [5.41, 5.74) is 1.12. The zero-order valence-corrected chi connectivity index (χ0v) is 12.2.